The highest BCUT2D eigenvalue weighted by atomic mass is 35.5. The number of nitrogens with zero attached hydrogens (tertiary/aromatic N) is 2. The summed E-state index contributed by atoms with van der Waals surface area (Å²) in [4.78, 5) is 29.5. The van der Waals surface area contributed by atoms with Crippen LogP contribution in [-0.2, 0) is 16.0 Å². The minimum atomic E-state index is 0. The quantitative estimate of drug-likeness (QED) is 0.130. The summed E-state index contributed by atoms with van der Waals surface area (Å²) in [7, 11) is 0. The van der Waals surface area contributed by atoms with Crippen LogP contribution < -0.4 is 52.0 Å². The molecule has 59 heavy (non-hydrogen) atoms. The van der Waals surface area contributed by atoms with Gasteiger partial charge in [-0.2, -0.15) is 0 Å². The van der Waals surface area contributed by atoms with Crippen molar-refractivity contribution in [1.29, 1.82) is 0 Å². The molecule has 2 aliphatic rings. The fourth-order valence-corrected chi connectivity index (χ4v) is 5.83. The normalized spacial score (nSPS) is 15.7. The number of ether oxygens (including phenoxy) is 2. The molecule has 0 saturated carbocycles. The van der Waals surface area contributed by atoms with Crippen LogP contribution in [0, 0.1) is 0 Å². The van der Waals surface area contributed by atoms with Crippen LogP contribution in [-0.4, -0.2) is 166 Å². The highest BCUT2D eigenvalue weighted by Gasteiger charge is 2.12. The Balaban J connectivity index is -0.00000121. The average molecular weight is 1000 g/mol. The highest BCUT2D eigenvalue weighted by Crippen LogP contribution is 2.18. The zero-order valence-corrected chi connectivity index (χ0v) is 40.2. The smallest absolute Gasteiger partial charge is 0.234 e. The van der Waals surface area contributed by atoms with Crippen molar-refractivity contribution in [3.05, 3.63) is 59.7 Å². The van der Waals surface area contributed by atoms with Crippen molar-refractivity contribution in [2.45, 2.75) is 6.42 Å². The number of nitrogens with one attached hydrogen (secondary N) is 8. The number of carbonyl (C=O) groups excluding carboxylic acids is 2. The zero-order valence-electron chi connectivity index (χ0n) is 33.7. The van der Waals surface area contributed by atoms with E-state index in [1.54, 1.807) is 0 Å². The Labute approximate surface area is 401 Å². The van der Waals surface area contributed by atoms with Crippen molar-refractivity contribution in [3.8, 4) is 11.5 Å². The summed E-state index contributed by atoms with van der Waals surface area (Å²) in [6.07, 6.45) is 0.795. The molecule has 2 heterocycles. The molecule has 2 amide bonds. The summed E-state index contributed by atoms with van der Waals surface area (Å²) < 4.78 is 11.8. The van der Waals surface area contributed by atoms with Crippen LogP contribution in [0.3, 0.4) is 0 Å². The van der Waals surface area contributed by atoms with Gasteiger partial charge in [-0.1, -0.05) is 24.3 Å². The van der Waals surface area contributed by atoms with E-state index in [4.69, 9.17) is 9.47 Å². The minimum absolute atomic E-state index is 0. The van der Waals surface area contributed by atoms with Gasteiger partial charge in [0.05, 0.1) is 26.2 Å². The van der Waals surface area contributed by atoms with Gasteiger partial charge in [-0.3, -0.25) is 19.4 Å². The number of carbonyl (C=O) groups is 2. The Hall–Kier alpha value is -1.02. The average Bonchev–Trinajstić information content (AvgIpc) is 3.12. The lowest BCUT2D eigenvalue weighted by Crippen LogP contribution is -2.45. The van der Waals surface area contributed by atoms with Crippen molar-refractivity contribution in [2.24, 2.45) is 0 Å². The first kappa shape index (κ1) is 67.1. The molecule has 0 aromatic heterocycles. The van der Waals surface area contributed by atoms with Gasteiger partial charge in [0.2, 0.25) is 11.8 Å². The van der Waals surface area contributed by atoms with E-state index in [0.29, 0.717) is 39.4 Å². The Morgan fingerprint density at radius 2 is 0.712 bits per heavy atom. The number of benzene rings is 2. The second-order valence-electron chi connectivity index (χ2n) is 12.9. The molecule has 2 aliphatic heterocycles. The van der Waals surface area contributed by atoms with Crippen molar-refractivity contribution < 1.29 is 19.1 Å². The SMILES string of the molecule is Cl.Cl.Cl.Cl.Cl.Cl.Cl.Cl.O=C(CN1CCNCCNCCNCC1)NCCOc1ccc(Cc2ccc(OCCNC(=O)CN3CCNCCNCCNCC3)cc2)cc1. The topological polar surface area (TPSA) is 155 Å². The summed E-state index contributed by atoms with van der Waals surface area (Å²) in [5.41, 5.74) is 2.36. The molecule has 22 heteroatoms. The largest absolute Gasteiger partial charge is 0.492 e. The van der Waals surface area contributed by atoms with E-state index in [2.05, 4.69) is 76.6 Å². The summed E-state index contributed by atoms with van der Waals surface area (Å²) in [6, 6.07) is 16.2. The van der Waals surface area contributed by atoms with Crippen LogP contribution in [0.25, 0.3) is 0 Å². The lowest BCUT2D eigenvalue weighted by Gasteiger charge is -2.23. The van der Waals surface area contributed by atoms with Gasteiger partial charge in [-0.05, 0) is 41.8 Å². The van der Waals surface area contributed by atoms with E-state index in [-0.39, 0.29) is 111 Å². The Morgan fingerprint density at radius 3 is 1.00 bits per heavy atom. The number of amides is 2. The van der Waals surface area contributed by atoms with Gasteiger partial charge in [-0.25, -0.2) is 0 Å². The van der Waals surface area contributed by atoms with E-state index < -0.39 is 0 Å². The lowest BCUT2D eigenvalue weighted by atomic mass is 10.0. The Bertz CT molecular complexity index is 1140. The van der Waals surface area contributed by atoms with Crippen LogP contribution >= 0.6 is 99.3 Å². The van der Waals surface area contributed by atoms with Crippen LogP contribution in [0.1, 0.15) is 11.1 Å². The van der Waals surface area contributed by atoms with Crippen LogP contribution in [0.4, 0.5) is 0 Å². The summed E-state index contributed by atoms with van der Waals surface area (Å²) in [5, 5.41) is 26.5. The monoisotopic (exact) mass is 998 g/mol. The standard InChI is InChI=1S/C37H62N10O4.8ClH/c48-36(30-46-23-17-40-13-9-38-10-14-41-18-24-46)44-21-27-50-34-5-1-32(2-6-34)29-33-3-7-35(8-4-33)51-28-22-45-37(49)31-47-25-19-42-15-11-39-12-16-43-20-26-47;;;;;;;;/h1-8,38-43H,9-31H2,(H,44,48)(H,45,49);8*1H. The summed E-state index contributed by atoms with van der Waals surface area (Å²) in [5.74, 6) is 1.60. The minimum Gasteiger partial charge on any atom is -0.492 e. The van der Waals surface area contributed by atoms with Gasteiger partial charge in [0.15, 0.2) is 0 Å². The molecule has 2 fully saturated rings. The van der Waals surface area contributed by atoms with Crippen molar-refractivity contribution >= 4 is 111 Å². The molecule has 2 saturated heterocycles. The lowest BCUT2D eigenvalue weighted by molar-refractivity contribution is -0.123. The van der Waals surface area contributed by atoms with E-state index in [0.717, 1.165) is 123 Å². The van der Waals surface area contributed by atoms with Crippen LogP contribution in [0.5, 0.6) is 11.5 Å². The van der Waals surface area contributed by atoms with Gasteiger partial charge in [0.1, 0.15) is 24.7 Å². The first-order chi connectivity index (χ1) is 25.1. The fourth-order valence-electron chi connectivity index (χ4n) is 5.83. The fraction of sp³-hybridized carbons (Fsp3) is 0.622. The second kappa shape index (κ2) is 43.6. The third-order valence-corrected chi connectivity index (χ3v) is 8.71. The molecule has 0 radical (unpaired) electrons. The molecule has 2 aromatic rings. The molecule has 2 aromatic carbocycles. The number of hydrogen-bond acceptors (Lipinski definition) is 12. The molecule has 4 rings (SSSR count). The molecular weight excluding hydrogens is 932 g/mol. The summed E-state index contributed by atoms with van der Waals surface area (Å²) in [6.45, 7) is 16.9. The molecule has 8 N–H and O–H groups in total. The third kappa shape index (κ3) is 32.3. The van der Waals surface area contributed by atoms with Crippen molar-refractivity contribution in [2.75, 3.05) is 144 Å². The maximum atomic E-state index is 12.5. The Kier molecular flexibility index (Phi) is 49.6. The predicted molar refractivity (Wildman–Crippen MR) is 261 cm³/mol. The van der Waals surface area contributed by atoms with E-state index >= 15 is 0 Å². The van der Waals surface area contributed by atoms with Crippen molar-refractivity contribution in [1.82, 2.24) is 52.3 Å². The molecule has 0 atom stereocenters. The molecule has 348 valence electrons. The number of halogens is 8. The molecule has 0 aliphatic carbocycles. The maximum Gasteiger partial charge on any atom is 0.234 e. The molecule has 0 bridgehead atoms. The predicted octanol–water partition coefficient (Wildman–Crippen LogP) is 1.81. The number of rotatable bonds is 14. The zero-order chi connectivity index (χ0) is 35.6. The highest BCUT2D eigenvalue weighted by molar-refractivity contribution is 5.86. The Morgan fingerprint density at radius 1 is 0.441 bits per heavy atom. The van der Waals surface area contributed by atoms with E-state index in [1.165, 1.54) is 11.1 Å². The van der Waals surface area contributed by atoms with Gasteiger partial charge in [0.25, 0.3) is 0 Å². The maximum absolute atomic E-state index is 12.5. The van der Waals surface area contributed by atoms with Crippen LogP contribution in [0.15, 0.2) is 48.5 Å². The first-order valence-corrected chi connectivity index (χ1v) is 18.8. The van der Waals surface area contributed by atoms with Gasteiger partial charge >= 0.3 is 0 Å². The van der Waals surface area contributed by atoms with Gasteiger partial charge in [-0.15, -0.1) is 99.3 Å². The van der Waals surface area contributed by atoms with E-state index in [9.17, 15) is 9.59 Å². The van der Waals surface area contributed by atoms with Crippen LogP contribution in [0.2, 0.25) is 0 Å². The van der Waals surface area contributed by atoms with Crippen molar-refractivity contribution in [3.63, 3.8) is 0 Å². The summed E-state index contributed by atoms with van der Waals surface area (Å²) >= 11 is 0. The first-order valence-electron chi connectivity index (χ1n) is 18.8. The van der Waals surface area contributed by atoms with Gasteiger partial charge < -0.3 is 52.0 Å². The third-order valence-electron chi connectivity index (χ3n) is 8.71. The second-order valence-corrected chi connectivity index (χ2v) is 12.9. The molecule has 0 spiro atoms. The van der Waals surface area contributed by atoms with Gasteiger partial charge in [0, 0.05) is 105 Å². The van der Waals surface area contributed by atoms with E-state index in [1.807, 2.05) is 24.3 Å². The molecule has 0 unspecified atom stereocenters. The number of hydrogen-bond donors (Lipinski definition) is 8. The molecule has 14 nitrogen and oxygen atoms in total. The molecular formula is C37H70Cl8N10O4.